The maximum atomic E-state index is 11.7. The van der Waals surface area contributed by atoms with Gasteiger partial charge in [0.15, 0.2) is 0 Å². The molecule has 8 heteroatoms. The summed E-state index contributed by atoms with van der Waals surface area (Å²) >= 11 is 11.8. The molecular formula is C15H20Cl2N2O4. The summed E-state index contributed by atoms with van der Waals surface area (Å²) in [6.07, 6.45) is -0.738. The van der Waals surface area contributed by atoms with Crippen molar-refractivity contribution in [3.05, 3.63) is 28.2 Å². The minimum Gasteiger partial charge on any atom is -0.491 e. The summed E-state index contributed by atoms with van der Waals surface area (Å²) in [6.45, 7) is 5.36. The van der Waals surface area contributed by atoms with Gasteiger partial charge in [0.1, 0.15) is 12.4 Å². The second kappa shape index (κ2) is 10.3. The highest BCUT2D eigenvalue weighted by Crippen LogP contribution is 2.27. The zero-order valence-electron chi connectivity index (χ0n) is 13.1. The number of nitrogens with one attached hydrogen (secondary N) is 1. The number of imide groups is 1. The number of ether oxygens (including phenoxy) is 2. The highest BCUT2D eigenvalue weighted by atomic mass is 35.5. The smallest absolute Gasteiger partial charge is 0.413 e. The van der Waals surface area contributed by atoms with Crippen LogP contribution in [0.2, 0.25) is 10.0 Å². The van der Waals surface area contributed by atoms with Crippen LogP contribution >= 0.6 is 23.2 Å². The third-order valence-corrected chi connectivity index (χ3v) is 3.42. The van der Waals surface area contributed by atoms with Crippen molar-refractivity contribution >= 4 is 35.2 Å². The fourth-order valence-corrected chi connectivity index (χ4v) is 2.21. The van der Waals surface area contributed by atoms with Crippen LogP contribution in [0.4, 0.5) is 4.79 Å². The average molecular weight is 363 g/mol. The van der Waals surface area contributed by atoms with Crippen molar-refractivity contribution in [2.75, 3.05) is 32.8 Å². The molecule has 23 heavy (non-hydrogen) atoms. The van der Waals surface area contributed by atoms with Gasteiger partial charge in [0.25, 0.3) is 0 Å². The number of carbonyl (C=O) groups excluding carboxylic acids is 2. The standard InChI is InChI=1S/C15H20Cl2N2O4/c1-3-19(10-14(20)18-15(21)22-4-2)7-8-23-13-6-5-11(16)9-12(13)17/h5-6,9H,3-4,7-8,10H2,1-2H3,(H,18,20,21). The summed E-state index contributed by atoms with van der Waals surface area (Å²) in [5, 5.41) is 3.12. The summed E-state index contributed by atoms with van der Waals surface area (Å²) in [5.41, 5.74) is 0. The third kappa shape index (κ3) is 7.54. The van der Waals surface area contributed by atoms with Crippen molar-refractivity contribution in [2.24, 2.45) is 0 Å². The molecule has 0 heterocycles. The molecule has 2 amide bonds. The first-order chi connectivity index (χ1) is 11.0. The van der Waals surface area contributed by atoms with E-state index in [1.54, 1.807) is 25.1 Å². The fraction of sp³-hybridized carbons (Fsp3) is 0.467. The molecule has 1 aromatic carbocycles. The van der Waals surface area contributed by atoms with Crippen LogP contribution in [-0.2, 0) is 9.53 Å². The highest BCUT2D eigenvalue weighted by molar-refractivity contribution is 6.35. The molecule has 0 radical (unpaired) electrons. The maximum absolute atomic E-state index is 11.7. The van der Waals surface area contributed by atoms with Crippen LogP contribution in [0, 0.1) is 0 Å². The molecule has 0 aliphatic rings. The van der Waals surface area contributed by atoms with E-state index in [0.717, 1.165) is 0 Å². The SMILES string of the molecule is CCOC(=O)NC(=O)CN(CC)CCOc1ccc(Cl)cc1Cl. The number of amides is 2. The predicted octanol–water partition coefficient (Wildman–Crippen LogP) is 2.97. The van der Waals surface area contributed by atoms with Gasteiger partial charge in [0, 0.05) is 11.6 Å². The molecule has 0 fully saturated rings. The molecule has 1 aromatic rings. The molecule has 0 aliphatic heterocycles. The van der Waals surface area contributed by atoms with Crippen LogP contribution in [0.5, 0.6) is 5.75 Å². The lowest BCUT2D eigenvalue weighted by Crippen LogP contribution is -2.41. The molecule has 0 aromatic heterocycles. The largest absolute Gasteiger partial charge is 0.491 e. The van der Waals surface area contributed by atoms with E-state index < -0.39 is 12.0 Å². The lowest BCUT2D eigenvalue weighted by molar-refractivity contribution is -0.121. The molecule has 0 saturated heterocycles. The number of rotatable bonds is 8. The molecule has 0 saturated carbocycles. The lowest BCUT2D eigenvalue weighted by atomic mass is 10.3. The van der Waals surface area contributed by atoms with Gasteiger partial charge in [-0.2, -0.15) is 0 Å². The summed E-state index contributed by atoms with van der Waals surface area (Å²) < 4.78 is 10.2. The van der Waals surface area contributed by atoms with Crippen LogP contribution in [0.3, 0.4) is 0 Å². The molecule has 0 aliphatic carbocycles. The Labute approximate surface area is 145 Å². The Morgan fingerprint density at radius 1 is 1.26 bits per heavy atom. The number of likely N-dealkylation sites (N-methyl/N-ethyl adjacent to an activating group) is 1. The first kappa shape index (κ1) is 19.5. The summed E-state index contributed by atoms with van der Waals surface area (Å²) in [7, 11) is 0. The topological polar surface area (TPSA) is 67.9 Å². The van der Waals surface area contributed by atoms with Crippen molar-refractivity contribution in [2.45, 2.75) is 13.8 Å². The van der Waals surface area contributed by atoms with Gasteiger partial charge in [-0.15, -0.1) is 0 Å². The van der Waals surface area contributed by atoms with Gasteiger partial charge >= 0.3 is 6.09 Å². The Morgan fingerprint density at radius 2 is 2.00 bits per heavy atom. The summed E-state index contributed by atoms with van der Waals surface area (Å²) in [4.78, 5) is 24.7. The highest BCUT2D eigenvalue weighted by Gasteiger charge is 2.13. The Hall–Kier alpha value is -1.50. The average Bonchev–Trinajstić information content (AvgIpc) is 2.48. The Balaban J connectivity index is 2.38. The minimum absolute atomic E-state index is 0.0764. The minimum atomic E-state index is -0.738. The number of carbonyl (C=O) groups is 2. The fourth-order valence-electron chi connectivity index (χ4n) is 1.75. The number of hydrogen-bond acceptors (Lipinski definition) is 5. The van der Waals surface area contributed by atoms with E-state index in [4.69, 9.17) is 27.9 Å². The van der Waals surface area contributed by atoms with Crippen LogP contribution in [0.15, 0.2) is 18.2 Å². The molecule has 1 rings (SSSR count). The number of alkyl carbamates (subject to hydrolysis) is 1. The second-order valence-electron chi connectivity index (χ2n) is 4.56. The zero-order valence-corrected chi connectivity index (χ0v) is 14.6. The van der Waals surface area contributed by atoms with Crippen molar-refractivity contribution < 1.29 is 19.1 Å². The van der Waals surface area contributed by atoms with E-state index in [0.29, 0.717) is 35.5 Å². The second-order valence-corrected chi connectivity index (χ2v) is 5.40. The van der Waals surface area contributed by atoms with E-state index >= 15 is 0 Å². The van der Waals surface area contributed by atoms with Crippen LogP contribution < -0.4 is 10.1 Å². The molecule has 128 valence electrons. The molecule has 1 N–H and O–H groups in total. The quantitative estimate of drug-likeness (QED) is 0.769. The van der Waals surface area contributed by atoms with E-state index in [1.807, 2.05) is 11.8 Å². The van der Waals surface area contributed by atoms with E-state index in [1.165, 1.54) is 0 Å². The van der Waals surface area contributed by atoms with Gasteiger partial charge in [0.2, 0.25) is 5.91 Å². The molecule has 0 unspecified atom stereocenters. The summed E-state index contributed by atoms with van der Waals surface area (Å²) in [6, 6.07) is 4.98. The van der Waals surface area contributed by atoms with Crippen molar-refractivity contribution in [1.82, 2.24) is 10.2 Å². The Bertz CT molecular complexity index is 540. The monoisotopic (exact) mass is 362 g/mol. The van der Waals surface area contributed by atoms with Gasteiger partial charge in [-0.1, -0.05) is 30.1 Å². The normalized spacial score (nSPS) is 10.5. The van der Waals surface area contributed by atoms with E-state index in [-0.39, 0.29) is 13.2 Å². The van der Waals surface area contributed by atoms with Crippen molar-refractivity contribution in [1.29, 1.82) is 0 Å². The molecule has 0 spiro atoms. The van der Waals surface area contributed by atoms with Gasteiger partial charge in [-0.05, 0) is 31.7 Å². The maximum Gasteiger partial charge on any atom is 0.413 e. The van der Waals surface area contributed by atoms with E-state index in [2.05, 4.69) is 10.1 Å². The first-order valence-electron chi connectivity index (χ1n) is 7.23. The Morgan fingerprint density at radius 3 is 2.61 bits per heavy atom. The predicted molar refractivity (Wildman–Crippen MR) is 89.2 cm³/mol. The van der Waals surface area contributed by atoms with Gasteiger partial charge in [0.05, 0.1) is 18.2 Å². The number of nitrogens with zero attached hydrogens (tertiary/aromatic N) is 1. The Kier molecular flexibility index (Phi) is 8.76. The summed E-state index contributed by atoms with van der Waals surface area (Å²) in [5.74, 6) is 0.109. The van der Waals surface area contributed by atoms with E-state index in [9.17, 15) is 9.59 Å². The molecule has 6 nitrogen and oxygen atoms in total. The first-order valence-corrected chi connectivity index (χ1v) is 7.98. The van der Waals surface area contributed by atoms with Gasteiger partial charge in [-0.25, -0.2) is 4.79 Å². The molecule has 0 bridgehead atoms. The number of benzene rings is 1. The molecule has 0 atom stereocenters. The zero-order chi connectivity index (χ0) is 17.2. The third-order valence-electron chi connectivity index (χ3n) is 2.89. The number of hydrogen-bond donors (Lipinski definition) is 1. The number of halogens is 2. The van der Waals surface area contributed by atoms with Crippen molar-refractivity contribution in [3.8, 4) is 5.75 Å². The van der Waals surface area contributed by atoms with Crippen molar-refractivity contribution in [3.63, 3.8) is 0 Å². The van der Waals surface area contributed by atoms with Crippen LogP contribution in [-0.4, -0.2) is 49.7 Å². The van der Waals surface area contributed by atoms with Gasteiger partial charge in [-0.3, -0.25) is 15.0 Å². The lowest BCUT2D eigenvalue weighted by Gasteiger charge is -2.19. The van der Waals surface area contributed by atoms with Gasteiger partial charge < -0.3 is 9.47 Å². The van der Waals surface area contributed by atoms with Crippen LogP contribution in [0.25, 0.3) is 0 Å². The molecular weight excluding hydrogens is 343 g/mol. The van der Waals surface area contributed by atoms with Crippen LogP contribution in [0.1, 0.15) is 13.8 Å².